The van der Waals surface area contributed by atoms with Crippen molar-refractivity contribution in [2.24, 2.45) is 5.73 Å². The fourth-order valence-electron chi connectivity index (χ4n) is 3.71. The van der Waals surface area contributed by atoms with Crippen molar-refractivity contribution in [3.05, 3.63) is 65.2 Å². The molecule has 1 atom stereocenters. The van der Waals surface area contributed by atoms with Crippen LogP contribution < -0.4 is 22.2 Å². The van der Waals surface area contributed by atoms with Crippen molar-refractivity contribution in [2.75, 3.05) is 17.7 Å². The van der Waals surface area contributed by atoms with Crippen LogP contribution in [0.2, 0.25) is 0 Å². The summed E-state index contributed by atoms with van der Waals surface area (Å²) >= 11 is 0. The van der Waals surface area contributed by atoms with Crippen LogP contribution in [0.4, 0.5) is 5.82 Å². The zero-order valence-corrected chi connectivity index (χ0v) is 17.3. The number of nitrogen functional groups attached to an aromatic ring is 1. The van der Waals surface area contributed by atoms with Gasteiger partial charge >= 0.3 is 0 Å². The minimum Gasteiger partial charge on any atom is -0.364 e. The van der Waals surface area contributed by atoms with Crippen molar-refractivity contribution in [1.82, 2.24) is 20.0 Å². The quantitative estimate of drug-likeness (QED) is 0.467. The Morgan fingerprint density at radius 2 is 1.94 bits per heavy atom. The Morgan fingerprint density at radius 1 is 1.16 bits per heavy atom. The van der Waals surface area contributed by atoms with E-state index in [0.717, 1.165) is 31.4 Å². The maximum absolute atomic E-state index is 12.5. The number of nitrogens with two attached hydrogens (primary N) is 2. The van der Waals surface area contributed by atoms with Gasteiger partial charge in [-0.15, -0.1) is 0 Å². The lowest BCUT2D eigenvalue weighted by Crippen LogP contribution is -2.32. The molecule has 31 heavy (non-hydrogen) atoms. The highest BCUT2D eigenvalue weighted by molar-refractivity contribution is 6.04. The number of aryl methyl sites for hydroxylation is 1. The summed E-state index contributed by atoms with van der Waals surface area (Å²) in [5.74, 6) is 6.31. The number of rotatable bonds is 5. The second-order valence-corrected chi connectivity index (χ2v) is 7.66. The lowest BCUT2D eigenvalue weighted by Gasteiger charge is -2.22. The van der Waals surface area contributed by atoms with Gasteiger partial charge in [0, 0.05) is 17.3 Å². The maximum Gasteiger partial charge on any atom is 0.269 e. The summed E-state index contributed by atoms with van der Waals surface area (Å²) in [6.07, 6.45) is 4.73. The second-order valence-electron chi connectivity index (χ2n) is 7.66. The third-order valence-electron chi connectivity index (χ3n) is 5.37. The van der Waals surface area contributed by atoms with Crippen molar-refractivity contribution in [2.45, 2.75) is 32.2 Å². The number of carbonyl (C=O) groups excluding carboxylic acids is 2. The normalized spacial score (nSPS) is 16.1. The summed E-state index contributed by atoms with van der Waals surface area (Å²) in [6.45, 7) is 2.80. The van der Waals surface area contributed by atoms with E-state index in [1.54, 1.807) is 36.5 Å². The van der Waals surface area contributed by atoms with Gasteiger partial charge in [0.15, 0.2) is 5.69 Å². The van der Waals surface area contributed by atoms with E-state index in [0.29, 0.717) is 28.5 Å². The van der Waals surface area contributed by atoms with Gasteiger partial charge in [-0.3, -0.25) is 9.59 Å². The molecule has 0 bridgehead atoms. The lowest BCUT2D eigenvalue weighted by molar-refractivity contribution is 0.0991. The minimum atomic E-state index is -0.653. The Morgan fingerprint density at radius 3 is 2.55 bits per heavy atom. The first-order valence-electron chi connectivity index (χ1n) is 10.2. The fourth-order valence-corrected chi connectivity index (χ4v) is 3.71. The van der Waals surface area contributed by atoms with Crippen molar-refractivity contribution in [3.8, 4) is 11.3 Å². The molecule has 160 valence electrons. The molecule has 1 saturated heterocycles. The summed E-state index contributed by atoms with van der Waals surface area (Å²) in [5, 5.41) is 6.14. The van der Waals surface area contributed by atoms with E-state index in [-0.39, 0.29) is 17.6 Å². The van der Waals surface area contributed by atoms with Crippen LogP contribution in [0.5, 0.6) is 0 Å². The molecule has 2 aromatic heterocycles. The highest BCUT2D eigenvalue weighted by Gasteiger charge is 2.27. The van der Waals surface area contributed by atoms with Gasteiger partial charge in [-0.25, -0.2) is 14.6 Å². The van der Waals surface area contributed by atoms with Crippen molar-refractivity contribution in [3.63, 3.8) is 0 Å². The number of primary amides is 1. The molecule has 0 aliphatic carbocycles. The number of nitrogens with one attached hydrogen (secondary N) is 2. The monoisotopic (exact) mass is 419 g/mol. The van der Waals surface area contributed by atoms with Crippen LogP contribution in [0.25, 0.3) is 11.3 Å². The number of hydrogen-bond acceptors (Lipinski definition) is 6. The molecule has 0 saturated carbocycles. The number of benzene rings is 1. The van der Waals surface area contributed by atoms with Gasteiger partial charge < -0.3 is 22.2 Å². The Labute approximate surface area is 179 Å². The number of piperidine rings is 1. The van der Waals surface area contributed by atoms with E-state index < -0.39 is 5.91 Å². The lowest BCUT2D eigenvalue weighted by atomic mass is 10.0. The van der Waals surface area contributed by atoms with Gasteiger partial charge in [0.2, 0.25) is 0 Å². The molecular weight excluding hydrogens is 394 g/mol. The second kappa shape index (κ2) is 8.57. The summed E-state index contributed by atoms with van der Waals surface area (Å²) in [6, 6.07) is 10.4. The molecule has 6 N–H and O–H groups in total. The Kier molecular flexibility index (Phi) is 5.68. The summed E-state index contributed by atoms with van der Waals surface area (Å²) in [4.78, 5) is 33.4. The number of imidazole rings is 1. The Balaban J connectivity index is 1.60. The number of hydrogen-bond donors (Lipinski definition) is 4. The van der Waals surface area contributed by atoms with Crippen molar-refractivity contribution in [1.29, 1.82) is 0 Å². The fraction of sp³-hybridized carbons (Fsp3) is 0.273. The Bertz CT molecular complexity index is 1100. The summed E-state index contributed by atoms with van der Waals surface area (Å²) in [7, 11) is 0. The van der Waals surface area contributed by atoms with Crippen molar-refractivity contribution >= 4 is 17.6 Å². The van der Waals surface area contributed by atoms with Crippen LogP contribution in [0, 0.1) is 6.92 Å². The average Bonchev–Trinajstić information content (AvgIpc) is 3.13. The van der Waals surface area contributed by atoms with Crippen LogP contribution in [-0.4, -0.2) is 33.0 Å². The van der Waals surface area contributed by atoms with E-state index in [1.165, 1.54) is 4.68 Å². The molecule has 2 amide bonds. The van der Waals surface area contributed by atoms with Gasteiger partial charge in [0.1, 0.15) is 17.3 Å². The third kappa shape index (κ3) is 4.26. The predicted octanol–water partition coefficient (Wildman–Crippen LogP) is 2.13. The molecule has 1 aromatic carbocycles. The zero-order valence-electron chi connectivity index (χ0n) is 17.3. The Hall–Kier alpha value is -3.72. The van der Waals surface area contributed by atoms with Gasteiger partial charge in [0.25, 0.3) is 11.8 Å². The standard InChI is InChI=1S/C22H25N7O2/c1-13-5-10-17(26-12-13)27-22(31)15-8-6-14(7-9-15)18-19(20(23)30)29(24)21(28-18)16-4-2-3-11-25-16/h5-10,12,16,25H,2-4,11,24H2,1H3,(H2,23,30)(H,26,27,31). The number of aromatic nitrogens is 3. The van der Waals surface area contributed by atoms with Gasteiger partial charge in [0.05, 0.1) is 6.04 Å². The van der Waals surface area contributed by atoms with Crippen LogP contribution in [0.3, 0.4) is 0 Å². The number of anilines is 1. The maximum atomic E-state index is 12.5. The molecule has 3 heterocycles. The van der Waals surface area contributed by atoms with E-state index in [1.807, 2.05) is 13.0 Å². The zero-order chi connectivity index (χ0) is 22.0. The van der Waals surface area contributed by atoms with Crippen molar-refractivity contribution < 1.29 is 9.59 Å². The molecule has 9 heteroatoms. The molecule has 1 fully saturated rings. The predicted molar refractivity (Wildman–Crippen MR) is 118 cm³/mol. The molecular formula is C22H25N7O2. The molecule has 3 aromatic rings. The number of nitrogens with zero attached hydrogens (tertiary/aromatic N) is 3. The largest absolute Gasteiger partial charge is 0.364 e. The van der Waals surface area contributed by atoms with Crippen LogP contribution >= 0.6 is 0 Å². The van der Waals surface area contributed by atoms with Gasteiger partial charge in [-0.05, 0) is 50.1 Å². The van der Waals surface area contributed by atoms with Gasteiger partial charge in [-0.2, -0.15) is 0 Å². The molecule has 1 aliphatic heterocycles. The highest BCUT2D eigenvalue weighted by atomic mass is 16.2. The molecule has 1 aliphatic rings. The third-order valence-corrected chi connectivity index (χ3v) is 5.37. The SMILES string of the molecule is Cc1ccc(NC(=O)c2ccc(-c3nc(C4CCCCN4)n(N)c3C(N)=O)cc2)nc1. The summed E-state index contributed by atoms with van der Waals surface area (Å²) < 4.78 is 1.28. The molecule has 4 rings (SSSR count). The molecule has 0 radical (unpaired) electrons. The highest BCUT2D eigenvalue weighted by Crippen LogP contribution is 2.28. The number of amides is 2. The molecule has 0 spiro atoms. The van der Waals surface area contributed by atoms with E-state index >= 15 is 0 Å². The van der Waals surface area contributed by atoms with Crippen LogP contribution in [-0.2, 0) is 0 Å². The van der Waals surface area contributed by atoms with E-state index in [4.69, 9.17) is 11.6 Å². The van der Waals surface area contributed by atoms with E-state index in [9.17, 15) is 9.59 Å². The first kappa shape index (κ1) is 20.5. The van der Waals surface area contributed by atoms with Crippen LogP contribution in [0.15, 0.2) is 42.6 Å². The van der Waals surface area contributed by atoms with Crippen LogP contribution in [0.1, 0.15) is 57.5 Å². The minimum absolute atomic E-state index is 0.0299. The number of carbonyl (C=O) groups is 2. The number of pyridine rings is 1. The van der Waals surface area contributed by atoms with Gasteiger partial charge in [-0.1, -0.05) is 24.6 Å². The smallest absolute Gasteiger partial charge is 0.269 e. The first-order valence-corrected chi connectivity index (χ1v) is 10.2. The first-order chi connectivity index (χ1) is 14.9. The topological polar surface area (TPSA) is 141 Å². The van der Waals surface area contributed by atoms with E-state index in [2.05, 4.69) is 20.6 Å². The molecule has 9 nitrogen and oxygen atoms in total. The molecule has 1 unspecified atom stereocenters. The summed E-state index contributed by atoms with van der Waals surface area (Å²) in [5.41, 5.74) is 8.26. The average molecular weight is 419 g/mol.